The van der Waals surface area contributed by atoms with Crippen LogP contribution in [-0.2, 0) is 4.74 Å². The minimum atomic E-state index is -0.562. The average Bonchev–Trinajstić information content (AvgIpc) is 2.86. The Hall–Kier alpha value is -4.46. The molecule has 8 nitrogen and oxygen atoms in total. The summed E-state index contributed by atoms with van der Waals surface area (Å²) in [6.07, 6.45) is 0. The lowest BCUT2D eigenvalue weighted by Gasteiger charge is -2.13. The summed E-state index contributed by atoms with van der Waals surface area (Å²) in [4.78, 5) is 38.8. The molecule has 4 rings (SSSR count). The molecule has 1 amide bonds. The Bertz CT molecular complexity index is 1410. The third-order valence-electron chi connectivity index (χ3n) is 5.08. The standard InChI is InChI=1S/C26H23N3O5/c1-3-33-18-15-13-17(14-16-18)29-25(31)20-10-6-5-9-19(20)23(28-29)24(30)27-22-12-8-7-11-21(22)26(32)34-4-2/h5-16H,3-4H2,1-2H3,(H,27,30). The molecule has 0 atom stereocenters. The van der Waals surface area contributed by atoms with E-state index in [1.165, 1.54) is 4.68 Å². The molecular weight excluding hydrogens is 434 g/mol. The Balaban J connectivity index is 1.79. The fraction of sp³-hybridized carbons (Fsp3) is 0.154. The third-order valence-corrected chi connectivity index (χ3v) is 5.08. The van der Waals surface area contributed by atoms with E-state index in [2.05, 4.69) is 10.4 Å². The second-order valence-electron chi connectivity index (χ2n) is 7.26. The van der Waals surface area contributed by atoms with Crippen LogP contribution in [-0.4, -0.2) is 34.9 Å². The molecule has 0 unspecified atom stereocenters. The van der Waals surface area contributed by atoms with E-state index in [0.717, 1.165) is 0 Å². The summed E-state index contributed by atoms with van der Waals surface area (Å²) in [5.74, 6) is -0.447. The number of para-hydroxylation sites is 1. The maximum Gasteiger partial charge on any atom is 0.340 e. The molecule has 34 heavy (non-hydrogen) atoms. The predicted octanol–water partition coefficient (Wildman–Crippen LogP) is 4.21. The van der Waals surface area contributed by atoms with Crippen LogP contribution < -0.4 is 15.6 Å². The topological polar surface area (TPSA) is 99.5 Å². The molecule has 0 aliphatic heterocycles. The lowest BCUT2D eigenvalue weighted by atomic mass is 10.1. The van der Waals surface area contributed by atoms with E-state index in [-0.39, 0.29) is 29.1 Å². The highest BCUT2D eigenvalue weighted by Gasteiger charge is 2.20. The number of fused-ring (bicyclic) bond motifs is 1. The Morgan fingerprint density at radius 2 is 1.56 bits per heavy atom. The molecule has 0 fully saturated rings. The number of hydrogen-bond donors (Lipinski definition) is 1. The number of carbonyl (C=O) groups is 2. The Morgan fingerprint density at radius 1 is 0.882 bits per heavy atom. The second-order valence-corrected chi connectivity index (χ2v) is 7.26. The van der Waals surface area contributed by atoms with Crippen molar-refractivity contribution in [3.05, 3.63) is 94.4 Å². The van der Waals surface area contributed by atoms with Crippen molar-refractivity contribution in [3.63, 3.8) is 0 Å². The maximum atomic E-state index is 13.3. The molecule has 0 saturated heterocycles. The number of anilines is 1. The molecule has 1 N–H and O–H groups in total. The number of ether oxygens (including phenoxy) is 2. The zero-order chi connectivity index (χ0) is 24.1. The van der Waals surface area contributed by atoms with Gasteiger partial charge in [0, 0.05) is 5.39 Å². The molecule has 0 aliphatic rings. The SMILES string of the molecule is CCOC(=O)c1ccccc1NC(=O)c1nn(-c2ccc(OCC)cc2)c(=O)c2ccccc12. The zero-order valence-electron chi connectivity index (χ0n) is 18.8. The van der Waals surface area contributed by atoms with Crippen molar-refractivity contribution in [1.82, 2.24) is 9.78 Å². The summed E-state index contributed by atoms with van der Waals surface area (Å²) < 4.78 is 11.7. The first-order valence-corrected chi connectivity index (χ1v) is 10.9. The van der Waals surface area contributed by atoms with E-state index >= 15 is 0 Å². The van der Waals surface area contributed by atoms with Crippen LogP contribution in [0.25, 0.3) is 16.5 Å². The van der Waals surface area contributed by atoms with E-state index in [4.69, 9.17) is 9.47 Å². The van der Waals surface area contributed by atoms with E-state index in [0.29, 0.717) is 28.8 Å². The number of nitrogens with zero attached hydrogens (tertiary/aromatic N) is 2. The van der Waals surface area contributed by atoms with Crippen LogP contribution in [0.1, 0.15) is 34.7 Å². The monoisotopic (exact) mass is 457 g/mol. The predicted molar refractivity (Wildman–Crippen MR) is 129 cm³/mol. The van der Waals surface area contributed by atoms with Crippen LogP contribution in [0.4, 0.5) is 5.69 Å². The lowest BCUT2D eigenvalue weighted by Crippen LogP contribution is -2.27. The quantitative estimate of drug-likeness (QED) is 0.417. The summed E-state index contributed by atoms with van der Waals surface area (Å²) in [5, 5.41) is 7.88. The molecule has 0 bridgehead atoms. The molecule has 1 heterocycles. The van der Waals surface area contributed by atoms with Gasteiger partial charge in [-0.15, -0.1) is 0 Å². The smallest absolute Gasteiger partial charge is 0.340 e. The van der Waals surface area contributed by atoms with Crippen molar-refractivity contribution < 1.29 is 19.1 Å². The van der Waals surface area contributed by atoms with Gasteiger partial charge in [-0.1, -0.05) is 30.3 Å². The highest BCUT2D eigenvalue weighted by Crippen LogP contribution is 2.21. The molecular formula is C26H23N3O5. The lowest BCUT2D eigenvalue weighted by molar-refractivity contribution is 0.0527. The Labute approximate surface area is 195 Å². The molecule has 0 saturated carbocycles. The van der Waals surface area contributed by atoms with Crippen molar-refractivity contribution in [1.29, 1.82) is 0 Å². The van der Waals surface area contributed by atoms with Crippen molar-refractivity contribution >= 4 is 28.3 Å². The van der Waals surface area contributed by atoms with Crippen LogP contribution in [0.2, 0.25) is 0 Å². The van der Waals surface area contributed by atoms with Gasteiger partial charge in [0.25, 0.3) is 11.5 Å². The van der Waals surface area contributed by atoms with E-state index in [9.17, 15) is 14.4 Å². The number of esters is 1. The number of aromatic nitrogens is 2. The second kappa shape index (κ2) is 9.99. The highest BCUT2D eigenvalue weighted by atomic mass is 16.5. The van der Waals surface area contributed by atoms with Gasteiger partial charge in [-0.2, -0.15) is 9.78 Å². The number of nitrogens with one attached hydrogen (secondary N) is 1. The van der Waals surface area contributed by atoms with Crippen molar-refractivity contribution in [2.45, 2.75) is 13.8 Å². The van der Waals surface area contributed by atoms with Gasteiger partial charge >= 0.3 is 5.97 Å². The van der Waals surface area contributed by atoms with Gasteiger partial charge in [-0.25, -0.2) is 4.79 Å². The summed E-state index contributed by atoms with van der Waals surface area (Å²) in [6, 6.07) is 20.2. The van der Waals surface area contributed by atoms with Crippen molar-refractivity contribution in [2.24, 2.45) is 0 Å². The molecule has 4 aromatic rings. The average molecular weight is 457 g/mol. The normalized spacial score (nSPS) is 10.6. The van der Waals surface area contributed by atoms with Gasteiger partial charge in [0.1, 0.15) is 5.75 Å². The maximum absolute atomic E-state index is 13.3. The first-order valence-electron chi connectivity index (χ1n) is 10.9. The fourth-order valence-electron chi connectivity index (χ4n) is 3.54. The van der Waals surface area contributed by atoms with Crippen LogP contribution in [0.15, 0.2) is 77.6 Å². The van der Waals surface area contributed by atoms with Crippen LogP contribution in [0, 0.1) is 0 Å². The summed E-state index contributed by atoms with van der Waals surface area (Å²) in [6.45, 7) is 4.32. The highest BCUT2D eigenvalue weighted by molar-refractivity contribution is 6.13. The number of carbonyl (C=O) groups excluding carboxylic acids is 2. The van der Waals surface area contributed by atoms with Gasteiger partial charge in [0.15, 0.2) is 5.69 Å². The van der Waals surface area contributed by atoms with E-state index in [1.54, 1.807) is 79.7 Å². The van der Waals surface area contributed by atoms with Crippen LogP contribution in [0.5, 0.6) is 5.75 Å². The number of amides is 1. The molecule has 3 aromatic carbocycles. The third kappa shape index (κ3) is 4.52. The molecule has 0 spiro atoms. The van der Waals surface area contributed by atoms with Gasteiger partial charge in [0.2, 0.25) is 0 Å². The van der Waals surface area contributed by atoms with Crippen LogP contribution in [0.3, 0.4) is 0 Å². The summed E-state index contributed by atoms with van der Waals surface area (Å²) in [5.41, 5.74) is 0.684. The van der Waals surface area contributed by atoms with Gasteiger partial charge < -0.3 is 14.8 Å². The minimum Gasteiger partial charge on any atom is -0.494 e. The van der Waals surface area contributed by atoms with Crippen LogP contribution >= 0.6 is 0 Å². The molecule has 0 aliphatic carbocycles. The Morgan fingerprint density at radius 3 is 2.26 bits per heavy atom. The first kappa shape index (κ1) is 22.7. The van der Waals surface area contributed by atoms with E-state index < -0.39 is 11.9 Å². The van der Waals surface area contributed by atoms with E-state index in [1.807, 2.05) is 6.92 Å². The van der Waals surface area contributed by atoms with Gasteiger partial charge in [0.05, 0.1) is 35.5 Å². The summed E-state index contributed by atoms with van der Waals surface area (Å²) >= 11 is 0. The minimum absolute atomic E-state index is 0.0442. The Kier molecular flexibility index (Phi) is 6.68. The molecule has 1 aromatic heterocycles. The van der Waals surface area contributed by atoms with Crippen molar-refractivity contribution in [3.8, 4) is 11.4 Å². The molecule has 172 valence electrons. The number of hydrogen-bond acceptors (Lipinski definition) is 6. The fourth-order valence-corrected chi connectivity index (χ4v) is 3.54. The molecule has 0 radical (unpaired) electrons. The first-order chi connectivity index (χ1) is 16.5. The molecule has 8 heteroatoms. The van der Waals surface area contributed by atoms with Gasteiger partial charge in [-0.05, 0) is 56.3 Å². The van der Waals surface area contributed by atoms with Crippen molar-refractivity contribution in [2.75, 3.05) is 18.5 Å². The number of rotatable bonds is 7. The van der Waals surface area contributed by atoms with Gasteiger partial charge in [-0.3, -0.25) is 9.59 Å². The largest absolute Gasteiger partial charge is 0.494 e. The zero-order valence-corrected chi connectivity index (χ0v) is 18.8. The summed E-state index contributed by atoms with van der Waals surface area (Å²) in [7, 11) is 0. The number of benzene rings is 3.